The molecule has 3 heteroatoms. The normalized spacial score (nSPS) is 16.4. The second-order valence-electron chi connectivity index (χ2n) is 6.45. The first-order chi connectivity index (χ1) is 11.6. The van der Waals surface area contributed by atoms with Gasteiger partial charge in [0, 0.05) is 22.2 Å². The van der Waals surface area contributed by atoms with E-state index in [9.17, 15) is 0 Å². The minimum atomic E-state index is 0.664. The van der Waals surface area contributed by atoms with E-state index < -0.39 is 0 Å². The van der Waals surface area contributed by atoms with Gasteiger partial charge in [-0.25, -0.2) is 0 Å². The molecule has 2 aromatic rings. The van der Waals surface area contributed by atoms with Crippen molar-refractivity contribution in [1.82, 2.24) is 4.90 Å². The van der Waals surface area contributed by atoms with Crippen LogP contribution < -0.4 is 0 Å². The third-order valence-electron chi connectivity index (χ3n) is 4.69. The summed E-state index contributed by atoms with van der Waals surface area (Å²) >= 11 is 12.3. The molecule has 0 saturated carbocycles. The fourth-order valence-electron chi connectivity index (χ4n) is 3.16. The number of rotatable bonds is 4. The van der Waals surface area contributed by atoms with Gasteiger partial charge in [-0.15, -0.1) is 0 Å². The fourth-order valence-corrected chi connectivity index (χ4v) is 3.68. The minimum absolute atomic E-state index is 0.664. The predicted molar refractivity (Wildman–Crippen MR) is 106 cm³/mol. The number of piperidine rings is 1. The molecule has 0 radical (unpaired) electrons. The number of halogens is 2. The molecule has 24 heavy (non-hydrogen) atoms. The molecule has 0 N–H and O–H groups in total. The van der Waals surface area contributed by atoms with Crippen molar-refractivity contribution in [3.63, 3.8) is 0 Å². The third-order valence-corrected chi connectivity index (χ3v) is 5.23. The van der Waals surface area contributed by atoms with Gasteiger partial charge in [-0.1, -0.05) is 66.0 Å². The summed E-state index contributed by atoms with van der Waals surface area (Å²) in [5, 5.41) is 1.35. The molecule has 0 amide bonds. The first-order valence-corrected chi connectivity index (χ1v) is 9.34. The number of hydrogen-bond acceptors (Lipinski definition) is 1. The Morgan fingerprint density at radius 2 is 1.71 bits per heavy atom. The van der Waals surface area contributed by atoms with Gasteiger partial charge in [-0.05, 0) is 61.7 Å². The standard InChI is InChI=1S/C21H23Cl2N/c1-16(11-14-24-12-3-2-4-13-24)17-5-7-18(8-6-17)20-10-9-19(22)15-21(20)23/h5-11,15H,2-4,12-14H2,1H3/b16-11-. The van der Waals surface area contributed by atoms with E-state index >= 15 is 0 Å². The van der Waals surface area contributed by atoms with Crippen LogP contribution in [0.5, 0.6) is 0 Å². The van der Waals surface area contributed by atoms with Crippen molar-refractivity contribution in [3.8, 4) is 11.1 Å². The maximum atomic E-state index is 6.30. The molecule has 1 aliphatic rings. The first-order valence-electron chi connectivity index (χ1n) is 8.58. The Kier molecular flexibility index (Phi) is 5.99. The Bertz CT molecular complexity index is 713. The Hall–Kier alpha value is -1.28. The number of likely N-dealkylation sites (tertiary alicyclic amines) is 1. The van der Waals surface area contributed by atoms with E-state index in [1.165, 1.54) is 43.5 Å². The molecule has 3 rings (SSSR count). The van der Waals surface area contributed by atoms with Crippen molar-refractivity contribution in [2.45, 2.75) is 26.2 Å². The zero-order valence-electron chi connectivity index (χ0n) is 14.1. The number of hydrogen-bond donors (Lipinski definition) is 0. The van der Waals surface area contributed by atoms with Gasteiger partial charge in [0.1, 0.15) is 0 Å². The van der Waals surface area contributed by atoms with E-state index in [0.29, 0.717) is 10.0 Å². The van der Waals surface area contributed by atoms with Crippen molar-refractivity contribution in [3.05, 3.63) is 64.1 Å². The van der Waals surface area contributed by atoms with Crippen LogP contribution in [0.2, 0.25) is 10.0 Å². The van der Waals surface area contributed by atoms with Crippen LogP contribution in [0.1, 0.15) is 31.7 Å². The maximum Gasteiger partial charge on any atom is 0.0499 e. The molecule has 0 bridgehead atoms. The van der Waals surface area contributed by atoms with Crippen LogP contribution in [0.4, 0.5) is 0 Å². The highest BCUT2D eigenvalue weighted by molar-refractivity contribution is 6.36. The van der Waals surface area contributed by atoms with E-state index in [1.54, 1.807) is 6.07 Å². The maximum absolute atomic E-state index is 6.30. The SMILES string of the molecule is C/C(=C/CN1CCCCC1)c1ccc(-c2ccc(Cl)cc2Cl)cc1. The highest BCUT2D eigenvalue weighted by Crippen LogP contribution is 2.31. The van der Waals surface area contributed by atoms with Gasteiger partial charge < -0.3 is 0 Å². The monoisotopic (exact) mass is 359 g/mol. The summed E-state index contributed by atoms with van der Waals surface area (Å²) in [5.41, 5.74) is 4.72. The molecule has 1 saturated heterocycles. The summed E-state index contributed by atoms with van der Waals surface area (Å²) in [5.74, 6) is 0. The molecule has 126 valence electrons. The molecule has 2 aromatic carbocycles. The lowest BCUT2D eigenvalue weighted by atomic mass is 10.0. The van der Waals surface area contributed by atoms with Gasteiger partial charge in [-0.3, -0.25) is 4.90 Å². The van der Waals surface area contributed by atoms with Crippen molar-refractivity contribution in [1.29, 1.82) is 0 Å². The van der Waals surface area contributed by atoms with E-state index in [2.05, 4.69) is 42.2 Å². The van der Waals surface area contributed by atoms with Crippen LogP contribution in [0.15, 0.2) is 48.5 Å². The molecular formula is C21H23Cl2N. The summed E-state index contributed by atoms with van der Waals surface area (Å²) in [6.45, 7) is 5.71. The lowest BCUT2D eigenvalue weighted by Crippen LogP contribution is -2.29. The average Bonchev–Trinajstić information content (AvgIpc) is 2.61. The zero-order valence-corrected chi connectivity index (χ0v) is 15.6. The predicted octanol–water partition coefficient (Wildman–Crippen LogP) is 6.55. The van der Waals surface area contributed by atoms with Crippen LogP contribution in [0.25, 0.3) is 16.7 Å². The first kappa shape index (κ1) is 17.5. The van der Waals surface area contributed by atoms with Gasteiger partial charge in [0.25, 0.3) is 0 Å². The summed E-state index contributed by atoms with van der Waals surface area (Å²) in [4.78, 5) is 2.54. The van der Waals surface area contributed by atoms with E-state index in [4.69, 9.17) is 23.2 Å². The van der Waals surface area contributed by atoms with Gasteiger partial charge in [0.2, 0.25) is 0 Å². The molecule has 0 spiro atoms. The molecule has 0 atom stereocenters. The van der Waals surface area contributed by atoms with Crippen molar-refractivity contribution < 1.29 is 0 Å². The number of benzene rings is 2. The summed E-state index contributed by atoms with van der Waals surface area (Å²) < 4.78 is 0. The van der Waals surface area contributed by atoms with E-state index in [1.807, 2.05) is 12.1 Å². The van der Waals surface area contributed by atoms with Crippen LogP contribution in [0, 0.1) is 0 Å². The van der Waals surface area contributed by atoms with E-state index in [-0.39, 0.29) is 0 Å². The Balaban J connectivity index is 1.71. The quantitative estimate of drug-likeness (QED) is 0.598. The third kappa shape index (κ3) is 4.42. The highest BCUT2D eigenvalue weighted by Gasteiger charge is 2.09. The van der Waals surface area contributed by atoms with Gasteiger partial charge in [0.15, 0.2) is 0 Å². The molecule has 0 aliphatic carbocycles. The molecule has 1 aliphatic heterocycles. The highest BCUT2D eigenvalue weighted by atomic mass is 35.5. The Labute approximate surface area is 154 Å². The summed E-state index contributed by atoms with van der Waals surface area (Å²) in [6.07, 6.45) is 6.40. The van der Waals surface area contributed by atoms with Crippen molar-refractivity contribution >= 4 is 28.8 Å². The number of allylic oxidation sites excluding steroid dienone is 1. The van der Waals surface area contributed by atoms with Gasteiger partial charge in [0.05, 0.1) is 0 Å². The van der Waals surface area contributed by atoms with Crippen molar-refractivity contribution in [2.75, 3.05) is 19.6 Å². The van der Waals surface area contributed by atoms with Crippen molar-refractivity contribution in [2.24, 2.45) is 0 Å². The van der Waals surface area contributed by atoms with Crippen LogP contribution >= 0.6 is 23.2 Å². The summed E-state index contributed by atoms with van der Waals surface area (Å²) in [6, 6.07) is 14.2. The average molecular weight is 360 g/mol. The van der Waals surface area contributed by atoms with E-state index in [0.717, 1.165) is 17.7 Å². The Morgan fingerprint density at radius 3 is 2.38 bits per heavy atom. The van der Waals surface area contributed by atoms with Gasteiger partial charge in [-0.2, -0.15) is 0 Å². The molecule has 0 unspecified atom stereocenters. The van der Waals surface area contributed by atoms with Crippen LogP contribution in [-0.4, -0.2) is 24.5 Å². The zero-order chi connectivity index (χ0) is 16.9. The summed E-state index contributed by atoms with van der Waals surface area (Å²) in [7, 11) is 0. The second kappa shape index (κ2) is 8.20. The molecule has 1 nitrogen and oxygen atoms in total. The topological polar surface area (TPSA) is 3.24 Å². The number of nitrogens with zero attached hydrogens (tertiary/aromatic N) is 1. The fraction of sp³-hybridized carbons (Fsp3) is 0.333. The lowest BCUT2D eigenvalue weighted by Gasteiger charge is -2.25. The molecule has 0 aromatic heterocycles. The van der Waals surface area contributed by atoms with Crippen LogP contribution in [0.3, 0.4) is 0 Å². The van der Waals surface area contributed by atoms with Crippen LogP contribution in [-0.2, 0) is 0 Å². The Morgan fingerprint density at radius 1 is 1.00 bits per heavy atom. The molecule has 1 fully saturated rings. The second-order valence-corrected chi connectivity index (χ2v) is 7.29. The molecular weight excluding hydrogens is 337 g/mol. The minimum Gasteiger partial charge on any atom is -0.300 e. The smallest absolute Gasteiger partial charge is 0.0499 e. The van der Waals surface area contributed by atoms with Gasteiger partial charge >= 0.3 is 0 Å². The molecule has 1 heterocycles. The largest absolute Gasteiger partial charge is 0.300 e. The lowest BCUT2D eigenvalue weighted by molar-refractivity contribution is 0.251.